The average Bonchev–Trinajstić information content (AvgIpc) is 2.88. The summed E-state index contributed by atoms with van der Waals surface area (Å²) in [5.41, 5.74) is -0.641. The van der Waals surface area contributed by atoms with Gasteiger partial charge in [0.25, 0.3) is 0 Å². The summed E-state index contributed by atoms with van der Waals surface area (Å²) >= 11 is 0. The second-order valence-electron chi connectivity index (χ2n) is 5.06. The normalized spacial score (nSPS) is 35.7. The molecule has 92 valence electrons. The molecule has 2 heterocycles. The van der Waals surface area contributed by atoms with Gasteiger partial charge in [-0.15, -0.1) is 0 Å². The van der Waals surface area contributed by atoms with Crippen molar-refractivity contribution < 1.29 is 14.6 Å². The average molecular weight is 227 g/mol. The minimum Gasteiger partial charge on any atom is -0.481 e. The largest absolute Gasteiger partial charge is 0.481 e. The van der Waals surface area contributed by atoms with Crippen LogP contribution in [-0.2, 0) is 9.53 Å². The van der Waals surface area contributed by atoms with Crippen LogP contribution >= 0.6 is 0 Å². The van der Waals surface area contributed by atoms with E-state index in [2.05, 4.69) is 11.8 Å². The molecule has 0 bridgehead atoms. The quantitative estimate of drug-likeness (QED) is 0.787. The lowest BCUT2D eigenvalue weighted by Gasteiger charge is -2.31. The first-order chi connectivity index (χ1) is 7.68. The fourth-order valence-electron chi connectivity index (χ4n) is 2.92. The van der Waals surface area contributed by atoms with Crippen LogP contribution in [0.1, 0.15) is 32.6 Å². The minimum atomic E-state index is -0.688. The SMILES string of the molecule is CCC1CCCN1CC1(C(=O)O)CCOC1. The zero-order valence-corrected chi connectivity index (χ0v) is 9.95. The molecule has 0 aromatic heterocycles. The highest BCUT2D eigenvalue weighted by molar-refractivity contribution is 5.75. The Morgan fingerprint density at radius 3 is 3.00 bits per heavy atom. The molecule has 0 aromatic carbocycles. The third-order valence-corrected chi connectivity index (χ3v) is 4.03. The lowest BCUT2D eigenvalue weighted by atomic mass is 9.86. The number of likely N-dealkylation sites (tertiary alicyclic amines) is 1. The summed E-state index contributed by atoms with van der Waals surface area (Å²) in [6, 6.07) is 0.580. The standard InChI is InChI=1S/C12H21NO3/c1-2-10-4-3-6-13(10)8-12(11(14)15)5-7-16-9-12/h10H,2-9H2,1H3,(H,14,15). The first-order valence-corrected chi connectivity index (χ1v) is 6.23. The second kappa shape index (κ2) is 4.72. The summed E-state index contributed by atoms with van der Waals surface area (Å²) in [6.07, 6.45) is 4.20. The molecular formula is C12H21NO3. The van der Waals surface area contributed by atoms with Gasteiger partial charge in [0.15, 0.2) is 0 Å². The van der Waals surface area contributed by atoms with Gasteiger partial charge in [-0.25, -0.2) is 0 Å². The van der Waals surface area contributed by atoms with Gasteiger partial charge in [-0.3, -0.25) is 9.69 Å². The highest BCUT2D eigenvalue weighted by Crippen LogP contribution is 2.33. The van der Waals surface area contributed by atoms with Crippen LogP contribution in [0.15, 0.2) is 0 Å². The van der Waals surface area contributed by atoms with E-state index in [0.717, 1.165) is 13.0 Å². The van der Waals surface area contributed by atoms with Gasteiger partial charge in [0, 0.05) is 19.2 Å². The van der Waals surface area contributed by atoms with Gasteiger partial charge in [0.2, 0.25) is 0 Å². The van der Waals surface area contributed by atoms with E-state index in [1.54, 1.807) is 0 Å². The molecule has 2 saturated heterocycles. The molecule has 0 aromatic rings. The Morgan fingerprint density at radius 2 is 2.44 bits per heavy atom. The first-order valence-electron chi connectivity index (χ1n) is 6.23. The third-order valence-electron chi connectivity index (χ3n) is 4.03. The van der Waals surface area contributed by atoms with Crippen molar-refractivity contribution in [3.8, 4) is 0 Å². The van der Waals surface area contributed by atoms with Gasteiger partial charge in [-0.2, -0.15) is 0 Å². The second-order valence-corrected chi connectivity index (χ2v) is 5.06. The van der Waals surface area contributed by atoms with Gasteiger partial charge in [0.1, 0.15) is 5.41 Å². The number of nitrogens with zero attached hydrogens (tertiary/aromatic N) is 1. The molecule has 1 N–H and O–H groups in total. The molecule has 0 saturated carbocycles. The highest BCUT2D eigenvalue weighted by atomic mass is 16.5. The molecule has 2 aliphatic heterocycles. The molecule has 2 unspecified atom stereocenters. The van der Waals surface area contributed by atoms with Gasteiger partial charge >= 0.3 is 5.97 Å². The van der Waals surface area contributed by atoms with Crippen molar-refractivity contribution in [1.29, 1.82) is 0 Å². The summed E-state index contributed by atoms with van der Waals surface area (Å²) in [6.45, 7) is 4.88. The molecule has 4 heteroatoms. The van der Waals surface area contributed by atoms with Crippen molar-refractivity contribution in [2.24, 2.45) is 5.41 Å². The number of aliphatic carboxylic acids is 1. The number of ether oxygens (including phenoxy) is 1. The van der Waals surface area contributed by atoms with Crippen molar-refractivity contribution >= 4 is 5.97 Å². The van der Waals surface area contributed by atoms with Crippen LogP contribution in [0.2, 0.25) is 0 Å². The smallest absolute Gasteiger partial charge is 0.313 e. The molecule has 16 heavy (non-hydrogen) atoms. The molecule has 0 amide bonds. The topological polar surface area (TPSA) is 49.8 Å². The van der Waals surface area contributed by atoms with Crippen molar-refractivity contribution in [1.82, 2.24) is 4.90 Å². The van der Waals surface area contributed by atoms with E-state index in [1.165, 1.54) is 12.8 Å². The fraction of sp³-hybridized carbons (Fsp3) is 0.917. The number of carboxylic acids is 1. The number of carbonyl (C=O) groups is 1. The predicted molar refractivity (Wildman–Crippen MR) is 60.4 cm³/mol. The van der Waals surface area contributed by atoms with Gasteiger partial charge in [0.05, 0.1) is 6.61 Å². The molecular weight excluding hydrogens is 206 g/mol. The molecule has 4 nitrogen and oxygen atoms in total. The van der Waals surface area contributed by atoms with Crippen molar-refractivity contribution in [3.05, 3.63) is 0 Å². The summed E-state index contributed by atoms with van der Waals surface area (Å²) in [5, 5.41) is 9.38. The monoisotopic (exact) mass is 227 g/mol. The van der Waals surface area contributed by atoms with E-state index in [9.17, 15) is 9.90 Å². The highest BCUT2D eigenvalue weighted by Gasteiger charge is 2.45. The van der Waals surface area contributed by atoms with Crippen LogP contribution in [0.4, 0.5) is 0 Å². The number of rotatable bonds is 4. The number of hydrogen-bond donors (Lipinski definition) is 1. The van der Waals surface area contributed by atoms with Crippen LogP contribution in [-0.4, -0.2) is 48.3 Å². The Hall–Kier alpha value is -0.610. The summed E-state index contributed by atoms with van der Waals surface area (Å²) in [7, 11) is 0. The summed E-state index contributed by atoms with van der Waals surface area (Å²) in [5.74, 6) is -0.688. The van der Waals surface area contributed by atoms with Gasteiger partial charge < -0.3 is 9.84 Å². The summed E-state index contributed by atoms with van der Waals surface area (Å²) < 4.78 is 5.29. The molecule has 2 aliphatic rings. The Kier molecular flexibility index (Phi) is 3.50. The minimum absolute atomic E-state index is 0.384. The molecule has 0 radical (unpaired) electrons. The van der Waals surface area contributed by atoms with Crippen LogP contribution in [0.3, 0.4) is 0 Å². The molecule has 2 atom stereocenters. The van der Waals surface area contributed by atoms with Gasteiger partial charge in [-0.05, 0) is 32.2 Å². The number of carboxylic acid groups (broad SMARTS) is 1. The Labute approximate surface area is 96.6 Å². The maximum atomic E-state index is 11.4. The van der Waals surface area contributed by atoms with Crippen LogP contribution < -0.4 is 0 Å². The molecule has 0 spiro atoms. The fourth-order valence-corrected chi connectivity index (χ4v) is 2.92. The molecule has 2 rings (SSSR count). The van der Waals surface area contributed by atoms with Crippen LogP contribution in [0.5, 0.6) is 0 Å². The van der Waals surface area contributed by atoms with Gasteiger partial charge in [-0.1, -0.05) is 6.92 Å². The van der Waals surface area contributed by atoms with E-state index in [-0.39, 0.29) is 0 Å². The van der Waals surface area contributed by atoms with Crippen molar-refractivity contribution in [2.75, 3.05) is 26.3 Å². The van der Waals surface area contributed by atoms with Crippen LogP contribution in [0.25, 0.3) is 0 Å². The first kappa shape index (κ1) is 11.9. The predicted octanol–water partition coefficient (Wildman–Crippen LogP) is 1.35. The Bertz CT molecular complexity index is 261. The number of hydrogen-bond acceptors (Lipinski definition) is 3. The van der Waals surface area contributed by atoms with E-state index in [4.69, 9.17) is 4.74 Å². The lowest BCUT2D eigenvalue weighted by Crippen LogP contribution is -2.45. The van der Waals surface area contributed by atoms with E-state index >= 15 is 0 Å². The zero-order valence-electron chi connectivity index (χ0n) is 9.95. The zero-order chi connectivity index (χ0) is 11.6. The summed E-state index contributed by atoms with van der Waals surface area (Å²) in [4.78, 5) is 13.7. The molecule has 0 aliphatic carbocycles. The lowest BCUT2D eigenvalue weighted by molar-refractivity contribution is -0.150. The van der Waals surface area contributed by atoms with E-state index in [1.807, 2.05) is 0 Å². The maximum Gasteiger partial charge on any atom is 0.313 e. The Morgan fingerprint density at radius 1 is 1.62 bits per heavy atom. The third kappa shape index (κ3) is 2.09. The van der Waals surface area contributed by atoms with Crippen molar-refractivity contribution in [2.45, 2.75) is 38.6 Å². The van der Waals surface area contributed by atoms with E-state index < -0.39 is 11.4 Å². The maximum absolute atomic E-state index is 11.4. The van der Waals surface area contributed by atoms with Crippen molar-refractivity contribution in [3.63, 3.8) is 0 Å². The van der Waals surface area contributed by atoms with Crippen LogP contribution in [0, 0.1) is 5.41 Å². The van der Waals surface area contributed by atoms with E-state index in [0.29, 0.717) is 32.2 Å². The Balaban J connectivity index is 2.03. The molecule has 2 fully saturated rings.